The van der Waals surface area contributed by atoms with E-state index in [4.69, 9.17) is 0 Å². The zero-order valence-electron chi connectivity index (χ0n) is 16.3. The van der Waals surface area contributed by atoms with Crippen molar-refractivity contribution in [1.29, 1.82) is 0 Å². The maximum atomic E-state index is 13.6. The first-order valence-electron chi connectivity index (χ1n) is 9.64. The molecule has 0 aliphatic carbocycles. The van der Waals surface area contributed by atoms with Gasteiger partial charge in [-0.2, -0.15) is 4.31 Å². The van der Waals surface area contributed by atoms with Crippen molar-refractivity contribution in [2.24, 2.45) is 0 Å². The van der Waals surface area contributed by atoms with Crippen molar-refractivity contribution >= 4 is 15.7 Å². The second kappa shape index (κ2) is 8.00. The maximum Gasteiger partial charge on any atom is 0.243 e. The Morgan fingerprint density at radius 2 is 1.69 bits per heavy atom. The van der Waals surface area contributed by atoms with Crippen molar-refractivity contribution in [3.05, 3.63) is 83.9 Å². The molecule has 0 atom stereocenters. The first kappa shape index (κ1) is 19.7. The molecule has 0 amide bonds. The topological polar surface area (TPSA) is 45.6 Å². The van der Waals surface area contributed by atoms with Crippen LogP contribution in [0.3, 0.4) is 0 Å². The summed E-state index contributed by atoms with van der Waals surface area (Å²) in [5, 5.41) is 0. The Kier molecular flexibility index (Phi) is 5.43. The Hall–Kier alpha value is -2.64. The molecule has 0 radical (unpaired) electrons. The number of hydrogen-bond donors (Lipinski definition) is 0. The summed E-state index contributed by atoms with van der Waals surface area (Å²) in [6.07, 6.45) is 4.13. The highest BCUT2D eigenvalue weighted by molar-refractivity contribution is 7.89. The second-order valence-corrected chi connectivity index (χ2v) is 9.23. The third-order valence-corrected chi connectivity index (χ3v) is 7.36. The van der Waals surface area contributed by atoms with Crippen molar-refractivity contribution in [3.63, 3.8) is 0 Å². The number of nitrogens with zero attached hydrogens (tertiary/aromatic N) is 3. The monoisotopic (exact) mass is 413 g/mol. The predicted molar refractivity (Wildman–Crippen MR) is 112 cm³/mol. The Bertz CT molecular complexity index is 1090. The SMILES string of the molecule is Cc1ccc(F)cc1S(=O)(=O)N1CCN(c2ccn(Cc3ccccc3)c2)CC1. The minimum absolute atomic E-state index is 0.0555. The summed E-state index contributed by atoms with van der Waals surface area (Å²) < 4.78 is 43.1. The van der Waals surface area contributed by atoms with E-state index < -0.39 is 15.8 Å². The van der Waals surface area contributed by atoms with E-state index in [-0.39, 0.29) is 4.90 Å². The number of hydrogen-bond acceptors (Lipinski definition) is 3. The van der Waals surface area contributed by atoms with E-state index in [1.807, 2.05) is 24.4 Å². The molecule has 7 heteroatoms. The number of anilines is 1. The fourth-order valence-corrected chi connectivity index (χ4v) is 5.34. The summed E-state index contributed by atoms with van der Waals surface area (Å²) in [5.41, 5.74) is 2.88. The van der Waals surface area contributed by atoms with Gasteiger partial charge in [0.25, 0.3) is 0 Å². The van der Waals surface area contributed by atoms with Gasteiger partial charge >= 0.3 is 0 Å². The van der Waals surface area contributed by atoms with Gasteiger partial charge in [-0.3, -0.25) is 0 Å². The first-order chi connectivity index (χ1) is 13.9. The Morgan fingerprint density at radius 1 is 0.966 bits per heavy atom. The third-order valence-electron chi connectivity index (χ3n) is 5.31. The summed E-state index contributed by atoms with van der Waals surface area (Å²) in [4.78, 5) is 2.24. The molecule has 5 nitrogen and oxygen atoms in total. The smallest absolute Gasteiger partial charge is 0.243 e. The molecule has 0 N–H and O–H groups in total. The van der Waals surface area contributed by atoms with E-state index in [1.165, 1.54) is 22.0 Å². The molecule has 4 rings (SSSR count). The number of sulfonamides is 1. The van der Waals surface area contributed by atoms with Crippen LogP contribution in [0.2, 0.25) is 0 Å². The first-order valence-corrected chi connectivity index (χ1v) is 11.1. The molecular formula is C22H24FN3O2S. The Labute approximate surface area is 171 Å². The predicted octanol–water partition coefficient (Wildman–Crippen LogP) is 3.49. The van der Waals surface area contributed by atoms with Crippen LogP contribution in [0.4, 0.5) is 10.1 Å². The number of rotatable bonds is 5. The van der Waals surface area contributed by atoms with E-state index in [0.29, 0.717) is 31.7 Å². The second-order valence-electron chi connectivity index (χ2n) is 7.33. The van der Waals surface area contributed by atoms with Gasteiger partial charge in [-0.1, -0.05) is 36.4 Å². The lowest BCUT2D eigenvalue weighted by molar-refractivity contribution is 0.384. The molecule has 3 aromatic rings. The highest BCUT2D eigenvalue weighted by atomic mass is 32.2. The van der Waals surface area contributed by atoms with Crippen molar-refractivity contribution in [1.82, 2.24) is 8.87 Å². The molecule has 0 bridgehead atoms. The van der Waals surface area contributed by atoms with Gasteiger partial charge in [0.1, 0.15) is 5.82 Å². The molecule has 0 unspecified atom stereocenters. The lowest BCUT2D eigenvalue weighted by atomic mass is 10.2. The zero-order chi connectivity index (χ0) is 20.4. The maximum absolute atomic E-state index is 13.6. The van der Waals surface area contributed by atoms with Gasteiger partial charge in [-0.05, 0) is 36.2 Å². The van der Waals surface area contributed by atoms with Crippen LogP contribution in [-0.2, 0) is 16.6 Å². The molecule has 0 spiro atoms. The van der Waals surface area contributed by atoms with Crippen LogP contribution < -0.4 is 4.90 Å². The molecule has 2 heterocycles. The molecular weight excluding hydrogens is 389 g/mol. The van der Waals surface area contributed by atoms with Gasteiger partial charge in [0, 0.05) is 45.1 Å². The van der Waals surface area contributed by atoms with Crippen LogP contribution in [0.5, 0.6) is 0 Å². The van der Waals surface area contributed by atoms with Crippen molar-refractivity contribution < 1.29 is 12.8 Å². The highest BCUT2D eigenvalue weighted by Gasteiger charge is 2.30. The molecule has 1 aromatic heterocycles. The lowest BCUT2D eigenvalue weighted by Crippen LogP contribution is -2.48. The van der Waals surface area contributed by atoms with Crippen LogP contribution in [0, 0.1) is 12.7 Å². The fourth-order valence-electron chi connectivity index (χ4n) is 3.69. The molecule has 1 aliphatic rings. The minimum Gasteiger partial charge on any atom is -0.368 e. The summed E-state index contributed by atoms with van der Waals surface area (Å²) >= 11 is 0. The number of aryl methyl sites for hydroxylation is 1. The van der Waals surface area contributed by atoms with Crippen LogP contribution in [0.15, 0.2) is 71.9 Å². The Balaban J connectivity index is 1.42. The Morgan fingerprint density at radius 3 is 2.41 bits per heavy atom. The third kappa shape index (κ3) is 4.21. The molecule has 1 saturated heterocycles. The molecule has 1 aliphatic heterocycles. The molecule has 2 aromatic carbocycles. The summed E-state index contributed by atoms with van der Waals surface area (Å²) in [6, 6.07) is 16.2. The van der Waals surface area contributed by atoms with Gasteiger partial charge in [0.2, 0.25) is 10.0 Å². The van der Waals surface area contributed by atoms with Crippen LogP contribution in [0.1, 0.15) is 11.1 Å². The number of piperazine rings is 1. The fraction of sp³-hybridized carbons (Fsp3) is 0.273. The van der Waals surface area contributed by atoms with Crippen molar-refractivity contribution in [2.45, 2.75) is 18.4 Å². The van der Waals surface area contributed by atoms with E-state index >= 15 is 0 Å². The van der Waals surface area contributed by atoms with Crippen LogP contribution in [0.25, 0.3) is 0 Å². The van der Waals surface area contributed by atoms with Crippen molar-refractivity contribution in [2.75, 3.05) is 31.1 Å². The standard InChI is InChI=1S/C22H24FN3O2S/c1-18-7-8-20(23)15-22(18)29(27,28)26-13-11-25(12-14-26)21-9-10-24(17-21)16-19-5-3-2-4-6-19/h2-10,15,17H,11-14,16H2,1H3. The summed E-state index contributed by atoms with van der Waals surface area (Å²) in [6.45, 7) is 4.45. The largest absolute Gasteiger partial charge is 0.368 e. The molecule has 0 saturated carbocycles. The van der Waals surface area contributed by atoms with Gasteiger partial charge in [-0.15, -0.1) is 0 Å². The molecule has 29 heavy (non-hydrogen) atoms. The summed E-state index contributed by atoms with van der Waals surface area (Å²) in [7, 11) is -3.69. The average Bonchev–Trinajstić information content (AvgIpc) is 3.19. The van der Waals surface area contributed by atoms with E-state index in [1.54, 1.807) is 6.92 Å². The van der Waals surface area contributed by atoms with Gasteiger partial charge < -0.3 is 9.47 Å². The van der Waals surface area contributed by atoms with E-state index in [0.717, 1.165) is 18.3 Å². The summed E-state index contributed by atoms with van der Waals surface area (Å²) in [5.74, 6) is -0.535. The van der Waals surface area contributed by atoms with E-state index in [2.05, 4.69) is 33.9 Å². The number of halogens is 1. The minimum atomic E-state index is -3.69. The van der Waals surface area contributed by atoms with Crippen LogP contribution >= 0.6 is 0 Å². The van der Waals surface area contributed by atoms with Gasteiger partial charge in [0.15, 0.2) is 0 Å². The average molecular weight is 414 g/mol. The van der Waals surface area contributed by atoms with Crippen molar-refractivity contribution in [3.8, 4) is 0 Å². The van der Waals surface area contributed by atoms with Gasteiger partial charge in [0.05, 0.1) is 10.6 Å². The lowest BCUT2D eigenvalue weighted by Gasteiger charge is -2.35. The number of aromatic nitrogens is 1. The zero-order valence-corrected chi connectivity index (χ0v) is 17.1. The quantitative estimate of drug-likeness (QED) is 0.643. The normalized spacial score (nSPS) is 15.6. The van der Waals surface area contributed by atoms with Crippen LogP contribution in [-0.4, -0.2) is 43.5 Å². The molecule has 152 valence electrons. The van der Waals surface area contributed by atoms with Gasteiger partial charge in [-0.25, -0.2) is 12.8 Å². The number of benzene rings is 2. The van der Waals surface area contributed by atoms with E-state index in [9.17, 15) is 12.8 Å². The molecule has 1 fully saturated rings. The highest BCUT2D eigenvalue weighted by Crippen LogP contribution is 2.24.